The second kappa shape index (κ2) is 10.4. The Morgan fingerprint density at radius 2 is 2.17 bits per heavy atom. The summed E-state index contributed by atoms with van der Waals surface area (Å²) < 4.78 is 0. The maximum atomic E-state index is 12.1. The lowest BCUT2D eigenvalue weighted by Gasteiger charge is -2.02. The summed E-state index contributed by atoms with van der Waals surface area (Å²) in [5.74, 6) is 0.338. The number of carbonyl (C=O) groups excluding carboxylic acids is 1. The molecular weight excluding hydrogens is 322 g/mol. The second-order valence-corrected chi connectivity index (χ2v) is 5.43. The summed E-state index contributed by atoms with van der Waals surface area (Å²) >= 11 is 1.43. The van der Waals surface area contributed by atoms with Gasteiger partial charge in [-0.15, -0.1) is 0 Å². The van der Waals surface area contributed by atoms with Crippen LogP contribution in [0.15, 0.2) is 34.5 Å². The van der Waals surface area contributed by atoms with Crippen molar-refractivity contribution in [1.29, 1.82) is 0 Å². The normalized spacial score (nSPS) is 11.1. The average Bonchev–Trinajstić information content (AvgIpc) is 2.97. The van der Waals surface area contributed by atoms with Gasteiger partial charge in [0, 0.05) is 31.2 Å². The minimum atomic E-state index is -0.157. The molecule has 0 saturated carbocycles. The van der Waals surface area contributed by atoms with E-state index < -0.39 is 0 Å². The Morgan fingerprint density at radius 3 is 2.75 bits per heavy atom. The lowest BCUT2D eigenvalue weighted by atomic mass is 10.3. The zero-order valence-electron chi connectivity index (χ0n) is 14.7. The summed E-state index contributed by atoms with van der Waals surface area (Å²) in [5.41, 5.74) is 1.72. The topological polar surface area (TPSA) is 79.6 Å². The summed E-state index contributed by atoms with van der Waals surface area (Å²) in [6.07, 6.45) is 5.22. The predicted octanol–water partition coefficient (Wildman–Crippen LogP) is 3.99. The number of amides is 1. The summed E-state index contributed by atoms with van der Waals surface area (Å²) in [4.78, 5) is 28.6. The fourth-order valence-corrected chi connectivity index (χ4v) is 2.74. The third-order valence-electron chi connectivity index (χ3n) is 2.81. The number of amidine groups is 1. The Balaban J connectivity index is 0.00000139. The van der Waals surface area contributed by atoms with Gasteiger partial charge in [-0.2, -0.15) is 0 Å². The fraction of sp³-hybridized carbons (Fsp3) is 0.353. The summed E-state index contributed by atoms with van der Waals surface area (Å²) in [6, 6.07) is 3.80. The number of aryl methyl sites for hydroxylation is 1. The highest BCUT2D eigenvalue weighted by atomic mass is 32.1. The molecule has 2 rings (SSSR count). The van der Waals surface area contributed by atoms with E-state index in [1.807, 2.05) is 32.9 Å². The van der Waals surface area contributed by atoms with Crippen LogP contribution in [0.2, 0.25) is 0 Å². The van der Waals surface area contributed by atoms with E-state index in [1.165, 1.54) is 11.3 Å². The monoisotopic (exact) mass is 345 g/mol. The molecule has 128 valence electrons. The van der Waals surface area contributed by atoms with Crippen molar-refractivity contribution in [2.24, 2.45) is 9.98 Å². The molecule has 0 unspecified atom stereocenters. The second-order valence-electron chi connectivity index (χ2n) is 4.43. The summed E-state index contributed by atoms with van der Waals surface area (Å²) in [7, 11) is 1.62. The van der Waals surface area contributed by atoms with E-state index in [9.17, 15) is 4.79 Å². The number of aliphatic imine (C=N–C) groups is 2. The number of aromatic nitrogens is 2. The molecule has 1 N–H and O–H groups in total. The molecule has 24 heavy (non-hydrogen) atoms. The highest BCUT2D eigenvalue weighted by Crippen LogP contribution is 2.31. The highest BCUT2D eigenvalue weighted by molar-refractivity contribution is 7.19. The Labute approximate surface area is 146 Å². The number of carbonyl (C=O) groups is 1. The molecule has 0 aliphatic carbocycles. The smallest absolute Gasteiger partial charge is 0.232 e. The van der Waals surface area contributed by atoms with Gasteiger partial charge in [0.05, 0.1) is 12.1 Å². The van der Waals surface area contributed by atoms with Crippen LogP contribution in [-0.2, 0) is 4.79 Å². The third-order valence-corrected chi connectivity index (χ3v) is 3.93. The fourth-order valence-electron chi connectivity index (χ4n) is 1.77. The number of thiazole rings is 1. The molecular formula is C17H23N5OS. The molecule has 0 aliphatic heterocycles. The van der Waals surface area contributed by atoms with Crippen molar-refractivity contribution in [3.8, 4) is 10.6 Å². The van der Waals surface area contributed by atoms with E-state index in [0.717, 1.165) is 21.3 Å². The zero-order chi connectivity index (χ0) is 17.9. The van der Waals surface area contributed by atoms with E-state index in [-0.39, 0.29) is 12.3 Å². The first-order valence-electron chi connectivity index (χ1n) is 7.76. The van der Waals surface area contributed by atoms with Crippen LogP contribution in [0.4, 0.5) is 5.00 Å². The quantitative estimate of drug-likeness (QED) is 0.672. The number of hydrogen-bond donors (Lipinski definition) is 1. The van der Waals surface area contributed by atoms with Crippen LogP contribution in [0.25, 0.3) is 10.6 Å². The SMILES string of the molecule is CC.CC=NC(CC(=O)Nc1sc(-c2cccnc2)nc1C)=NC. The van der Waals surface area contributed by atoms with Crippen LogP contribution in [0, 0.1) is 6.92 Å². The van der Waals surface area contributed by atoms with E-state index >= 15 is 0 Å². The highest BCUT2D eigenvalue weighted by Gasteiger charge is 2.13. The van der Waals surface area contributed by atoms with Crippen LogP contribution in [0.5, 0.6) is 0 Å². The lowest BCUT2D eigenvalue weighted by Crippen LogP contribution is -2.15. The largest absolute Gasteiger partial charge is 0.316 e. The molecule has 0 spiro atoms. The average molecular weight is 345 g/mol. The van der Waals surface area contributed by atoms with Crippen LogP contribution in [0.1, 0.15) is 32.9 Å². The Bertz CT molecular complexity index is 707. The van der Waals surface area contributed by atoms with Gasteiger partial charge in [-0.25, -0.2) is 9.98 Å². The van der Waals surface area contributed by atoms with Crippen molar-refractivity contribution in [2.45, 2.75) is 34.1 Å². The molecule has 2 heterocycles. The predicted molar refractivity (Wildman–Crippen MR) is 102 cm³/mol. The molecule has 7 heteroatoms. The third kappa shape index (κ3) is 5.66. The maximum Gasteiger partial charge on any atom is 0.232 e. The molecule has 2 aromatic rings. The molecule has 0 aromatic carbocycles. The number of pyridine rings is 1. The van der Waals surface area contributed by atoms with Crippen LogP contribution in [-0.4, -0.2) is 35.0 Å². The van der Waals surface area contributed by atoms with Gasteiger partial charge in [0.2, 0.25) is 5.91 Å². The van der Waals surface area contributed by atoms with Crippen LogP contribution >= 0.6 is 11.3 Å². The molecule has 2 aromatic heterocycles. The van der Waals surface area contributed by atoms with Crippen molar-refractivity contribution in [1.82, 2.24) is 9.97 Å². The first-order chi connectivity index (χ1) is 11.6. The first-order valence-corrected chi connectivity index (χ1v) is 8.57. The van der Waals surface area contributed by atoms with Crippen molar-refractivity contribution >= 4 is 34.3 Å². The number of nitrogens with one attached hydrogen (secondary N) is 1. The minimum Gasteiger partial charge on any atom is -0.316 e. The van der Waals surface area contributed by atoms with Crippen molar-refractivity contribution in [3.05, 3.63) is 30.2 Å². The maximum absolute atomic E-state index is 12.1. The molecule has 0 radical (unpaired) electrons. The van der Waals surface area contributed by atoms with Gasteiger partial charge in [0.1, 0.15) is 15.8 Å². The Kier molecular flexibility index (Phi) is 8.49. The van der Waals surface area contributed by atoms with Gasteiger partial charge in [-0.1, -0.05) is 25.2 Å². The van der Waals surface area contributed by atoms with E-state index in [1.54, 1.807) is 32.6 Å². The van der Waals surface area contributed by atoms with E-state index in [2.05, 4.69) is 25.3 Å². The number of rotatable bonds is 4. The number of hydrogen-bond acceptors (Lipinski definition) is 5. The Hall–Kier alpha value is -2.41. The van der Waals surface area contributed by atoms with Crippen molar-refractivity contribution in [3.63, 3.8) is 0 Å². The molecule has 0 atom stereocenters. The Morgan fingerprint density at radius 1 is 1.42 bits per heavy atom. The van der Waals surface area contributed by atoms with Crippen molar-refractivity contribution in [2.75, 3.05) is 12.4 Å². The van der Waals surface area contributed by atoms with Gasteiger partial charge in [-0.05, 0) is 26.0 Å². The van der Waals surface area contributed by atoms with E-state index in [4.69, 9.17) is 0 Å². The number of nitrogens with zero attached hydrogens (tertiary/aromatic N) is 4. The van der Waals surface area contributed by atoms with E-state index in [0.29, 0.717) is 5.84 Å². The summed E-state index contributed by atoms with van der Waals surface area (Å²) in [6.45, 7) is 7.65. The summed E-state index contributed by atoms with van der Waals surface area (Å²) in [5, 5.41) is 4.43. The van der Waals surface area contributed by atoms with Crippen LogP contribution in [0.3, 0.4) is 0 Å². The molecule has 0 fully saturated rings. The minimum absolute atomic E-state index is 0.139. The standard InChI is InChI=1S/C15H17N5OS.C2H6/c1-4-18-12(16-3)8-13(21)20-14-10(2)19-15(22-14)11-6-5-7-17-9-11;1-2/h4-7,9H,8H2,1-3H3,(H,20,21);1-2H3. The molecule has 0 aliphatic rings. The van der Waals surface area contributed by atoms with Gasteiger partial charge >= 0.3 is 0 Å². The zero-order valence-corrected chi connectivity index (χ0v) is 15.5. The van der Waals surface area contributed by atoms with Gasteiger partial charge < -0.3 is 5.32 Å². The van der Waals surface area contributed by atoms with Crippen molar-refractivity contribution < 1.29 is 4.79 Å². The molecule has 0 saturated heterocycles. The number of anilines is 1. The van der Waals surface area contributed by atoms with Gasteiger partial charge in [-0.3, -0.25) is 14.8 Å². The van der Waals surface area contributed by atoms with Gasteiger partial charge in [0.15, 0.2) is 0 Å². The lowest BCUT2D eigenvalue weighted by molar-refractivity contribution is -0.115. The first kappa shape index (κ1) is 19.6. The van der Waals surface area contributed by atoms with Gasteiger partial charge in [0.25, 0.3) is 0 Å². The molecule has 1 amide bonds. The van der Waals surface area contributed by atoms with Crippen LogP contribution < -0.4 is 5.32 Å². The molecule has 0 bridgehead atoms. The molecule has 6 nitrogen and oxygen atoms in total.